The lowest BCUT2D eigenvalue weighted by molar-refractivity contribution is 0.512. The molecule has 24 heavy (non-hydrogen) atoms. The smallest absolute Gasteiger partial charge is 0.294 e. The number of hydrogen-bond donors (Lipinski definition) is 2. The van der Waals surface area contributed by atoms with Gasteiger partial charge in [-0.2, -0.15) is 5.10 Å². The van der Waals surface area contributed by atoms with E-state index in [1.54, 1.807) is 6.07 Å². The minimum absolute atomic E-state index is 0.0158. The first-order valence-corrected chi connectivity index (χ1v) is 8.09. The van der Waals surface area contributed by atoms with Crippen molar-refractivity contribution in [3.8, 4) is 11.3 Å². The van der Waals surface area contributed by atoms with Crippen LogP contribution in [0.5, 0.6) is 0 Å². The number of aromatic amines is 1. The Kier molecular flexibility index (Phi) is 4.39. The average molecular weight is 442 g/mol. The van der Waals surface area contributed by atoms with E-state index >= 15 is 0 Å². The first-order chi connectivity index (χ1) is 11.4. The molecule has 3 aromatic rings. The quantitative estimate of drug-likeness (QED) is 0.609. The molecule has 0 radical (unpaired) electrons. The maximum Gasteiger partial charge on any atom is 0.294 e. The summed E-state index contributed by atoms with van der Waals surface area (Å²) in [6, 6.07) is 7.84. The van der Waals surface area contributed by atoms with Crippen LogP contribution in [0.15, 0.2) is 35.1 Å². The van der Waals surface area contributed by atoms with Crippen molar-refractivity contribution in [2.24, 2.45) is 7.05 Å². The van der Waals surface area contributed by atoms with Gasteiger partial charge in [-0.3, -0.25) is 4.79 Å². The second-order valence-electron chi connectivity index (χ2n) is 5.29. The van der Waals surface area contributed by atoms with Crippen LogP contribution in [0.4, 0.5) is 20.2 Å². The lowest BCUT2D eigenvalue weighted by Crippen LogP contribution is -2.14. The third-order valence-electron chi connectivity index (χ3n) is 3.62. The van der Waals surface area contributed by atoms with Gasteiger partial charge in [-0.1, -0.05) is 0 Å². The molecule has 5 nitrogen and oxygen atoms in total. The lowest BCUT2D eigenvalue weighted by Gasteiger charge is -2.14. The van der Waals surface area contributed by atoms with Gasteiger partial charge in [0.25, 0.3) is 5.56 Å². The molecule has 2 aromatic carbocycles. The van der Waals surface area contributed by atoms with Gasteiger partial charge in [0.05, 0.1) is 5.69 Å². The Hall–Kier alpha value is -2.23. The highest BCUT2D eigenvalue weighted by Crippen LogP contribution is 2.33. The molecule has 0 amide bonds. The zero-order chi connectivity index (χ0) is 17.4. The Labute approximate surface area is 149 Å². The summed E-state index contributed by atoms with van der Waals surface area (Å²) in [5.41, 5.74) is 1.14. The minimum atomic E-state index is -1.06. The summed E-state index contributed by atoms with van der Waals surface area (Å²) in [4.78, 5) is 12.1. The molecule has 0 bridgehead atoms. The summed E-state index contributed by atoms with van der Waals surface area (Å²) in [6.45, 7) is 1.86. The van der Waals surface area contributed by atoms with E-state index in [9.17, 15) is 13.6 Å². The van der Waals surface area contributed by atoms with E-state index in [0.717, 1.165) is 19.9 Å². The molecule has 0 aliphatic rings. The van der Waals surface area contributed by atoms with E-state index in [2.05, 4.69) is 38.2 Å². The summed E-state index contributed by atoms with van der Waals surface area (Å²) in [7, 11) is 1.50. The number of anilines is 2. The summed E-state index contributed by atoms with van der Waals surface area (Å²) in [6.07, 6.45) is 0. The van der Waals surface area contributed by atoms with Crippen LogP contribution in [0.1, 0.15) is 5.56 Å². The van der Waals surface area contributed by atoms with E-state index in [1.807, 2.05) is 19.1 Å². The molecule has 0 fully saturated rings. The van der Waals surface area contributed by atoms with Crippen LogP contribution in [0.25, 0.3) is 11.3 Å². The van der Waals surface area contributed by atoms with Crippen molar-refractivity contribution in [2.75, 3.05) is 5.32 Å². The highest BCUT2D eigenvalue weighted by Gasteiger charge is 2.20. The molecule has 1 heterocycles. The molecule has 0 aliphatic carbocycles. The van der Waals surface area contributed by atoms with Crippen LogP contribution in [-0.2, 0) is 7.05 Å². The van der Waals surface area contributed by atoms with Crippen LogP contribution < -0.4 is 10.9 Å². The molecule has 0 aliphatic heterocycles. The molecule has 2 N–H and O–H groups in total. The van der Waals surface area contributed by atoms with Gasteiger partial charge in [0.2, 0.25) is 0 Å². The third kappa shape index (κ3) is 2.93. The third-order valence-corrected chi connectivity index (χ3v) is 4.29. The number of nitrogens with one attached hydrogen (secondary N) is 2. The number of aromatic nitrogens is 3. The fraction of sp³-hybridized carbons (Fsp3) is 0.125. The molecular formula is C16H13F2IN4O. The molecule has 8 heteroatoms. The number of rotatable bonds is 3. The number of aryl methyl sites for hydroxylation is 2. The van der Waals surface area contributed by atoms with Crippen molar-refractivity contribution in [3.05, 3.63) is 61.5 Å². The van der Waals surface area contributed by atoms with E-state index < -0.39 is 17.2 Å². The van der Waals surface area contributed by atoms with Crippen molar-refractivity contribution in [1.82, 2.24) is 15.0 Å². The largest absolute Gasteiger partial charge is 0.352 e. The predicted octanol–water partition coefficient (Wildman–Crippen LogP) is 3.71. The van der Waals surface area contributed by atoms with Gasteiger partial charge in [-0.05, 0) is 65.4 Å². The Morgan fingerprint density at radius 1 is 1.25 bits per heavy atom. The van der Waals surface area contributed by atoms with Crippen LogP contribution >= 0.6 is 22.6 Å². The van der Waals surface area contributed by atoms with E-state index in [4.69, 9.17) is 0 Å². The molecule has 0 spiro atoms. The van der Waals surface area contributed by atoms with Gasteiger partial charge in [0.15, 0.2) is 17.3 Å². The van der Waals surface area contributed by atoms with Crippen LogP contribution in [-0.4, -0.2) is 15.0 Å². The summed E-state index contributed by atoms with van der Waals surface area (Å²) in [5, 5.41) is 9.27. The fourth-order valence-corrected chi connectivity index (χ4v) is 2.97. The zero-order valence-corrected chi connectivity index (χ0v) is 15.0. The summed E-state index contributed by atoms with van der Waals surface area (Å²) < 4.78 is 30.3. The second kappa shape index (κ2) is 6.34. The van der Waals surface area contributed by atoms with E-state index in [1.165, 1.54) is 13.1 Å². The Bertz CT molecular complexity index is 981. The number of H-pyrrole nitrogens is 1. The van der Waals surface area contributed by atoms with Crippen molar-refractivity contribution in [3.63, 3.8) is 0 Å². The molecule has 3 rings (SSSR count). The molecular weight excluding hydrogens is 429 g/mol. The maximum atomic E-state index is 14.4. The molecule has 0 saturated carbocycles. The first kappa shape index (κ1) is 16.6. The lowest BCUT2D eigenvalue weighted by atomic mass is 10.1. The van der Waals surface area contributed by atoms with Gasteiger partial charge in [0, 0.05) is 21.9 Å². The number of benzene rings is 2. The Morgan fingerprint density at radius 3 is 2.62 bits per heavy atom. The van der Waals surface area contributed by atoms with Crippen molar-refractivity contribution >= 4 is 34.0 Å². The predicted molar refractivity (Wildman–Crippen MR) is 96.4 cm³/mol. The Balaban J connectivity index is 2.17. The minimum Gasteiger partial charge on any atom is -0.352 e. The number of halogens is 3. The average Bonchev–Trinajstić information content (AvgIpc) is 2.86. The first-order valence-electron chi connectivity index (χ1n) is 7.01. The van der Waals surface area contributed by atoms with Gasteiger partial charge in [0.1, 0.15) is 0 Å². The number of hydrogen-bond acceptors (Lipinski definition) is 3. The monoisotopic (exact) mass is 442 g/mol. The van der Waals surface area contributed by atoms with Crippen molar-refractivity contribution in [2.45, 2.75) is 6.92 Å². The van der Waals surface area contributed by atoms with E-state index in [0.29, 0.717) is 5.69 Å². The van der Waals surface area contributed by atoms with Gasteiger partial charge >= 0.3 is 0 Å². The van der Waals surface area contributed by atoms with Crippen LogP contribution in [0.3, 0.4) is 0 Å². The van der Waals surface area contributed by atoms with Crippen LogP contribution in [0, 0.1) is 22.1 Å². The van der Waals surface area contributed by atoms with Crippen molar-refractivity contribution < 1.29 is 8.78 Å². The topological polar surface area (TPSA) is 62.7 Å². The maximum absolute atomic E-state index is 14.4. The SMILES string of the molecule is Cc1cc(I)ccc1Nc1c(-c2n[nH]n(C)c2=O)ccc(F)c1F. The highest BCUT2D eigenvalue weighted by molar-refractivity contribution is 14.1. The molecule has 0 unspecified atom stereocenters. The fourth-order valence-electron chi connectivity index (χ4n) is 2.32. The highest BCUT2D eigenvalue weighted by atomic mass is 127. The van der Waals surface area contributed by atoms with Crippen LogP contribution in [0.2, 0.25) is 0 Å². The van der Waals surface area contributed by atoms with Gasteiger partial charge in [-0.25, -0.2) is 18.7 Å². The normalized spacial score (nSPS) is 10.9. The molecule has 124 valence electrons. The van der Waals surface area contributed by atoms with Gasteiger partial charge in [-0.15, -0.1) is 0 Å². The summed E-state index contributed by atoms with van der Waals surface area (Å²) in [5.74, 6) is -2.06. The van der Waals surface area contributed by atoms with Crippen molar-refractivity contribution in [1.29, 1.82) is 0 Å². The molecule has 1 aromatic heterocycles. The number of nitrogens with zero attached hydrogens (tertiary/aromatic N) is 2. The standard InChI is InChI=1S/C16H13F2IN4O/c1-8-7-9(19)3-6-12(8)20-14-10(4-5-11(17)13(14)18)15-16(24)23(2)22-21-15/h3-7,20,22H,1-2H3. The molecule has 0 saturated heterocycles. The summed E-state index contributed by atoms with van der Waals surface area (Å²) >= 11 is 2.17. The second-order valence-corrected chi connectivity index (χ2v) is 6.54. The Morgan fingerprint density at radius 2 is 2.00 bits per heavy atom. The van der Waals surface area contributed by atoms with E-state index in [-0.39, 0.29) is 16.9 Å². The van der Waals surface area contributed by atoms with Gasteiger partial charge < -0.3 is 5.32 Å². The molecule has 0 atom stereocenters. The zero-order valence-electron chi connectivity index (χ0n) is 12.8.